The highest BCUT2D eigenvalue weighted by Gasteiger charge is 2.51. The van der Waals surface area contributed by atoms with Gasteiger partial charge in [-0.05, 0) is 50.1 Å². The fraction of sp³-hybridized carbons (Fsp3) is 0.345. The van der Waals surface area contributed by atoms with Crippen LogP contribution in [0.15, 0.2) is 65.6 Å². The van der Waals surface area contributed by atoms with Crippen molar-refractivity contribution in [3.05, 3.63) is 83.2 Å². The van der Waals surface area contributed by atoms with E-state index in [1.165, 1.54) is 4.31 Å². The number of nitrogens with one attached hydrogen (secondary N) is 1. The molecule has 1 atom stereocenters. The number of aromatic nitrogens is 1. The highest BCUT2D eigenvalue weighted by molar-refractivity contribution is 7.89. The molecule has 1 N–H and O–H groups in total. The Morgan fingerprint density at radius 1 is 1.00 bits per heavy atom. The minimum atomic E-state index is -3.71. The van der Waals surface area contributed by atoms with E-state index in [4.69, 9.17) is 4.74 Å². The second-order valence-corrected chi connectivity index (χ2v) is 11.9. The zero-order valence-corrected chi connectivity index (χ0v) is 23.5. The molecule has 2 saturated heterocycles. The van der Waals surface area contributed by atoms with E-state index >= 15 is 0 Å². The van der Waals surface area contributed by atoms with Crippen LogP contribution in [0.1, 0.15) is 40.7 Å². The number of hydrogen-bond acceptors (Lipinski definition) is 6. The summed E-state index contributed by atoms with van der Waals surface area (Å²) in [5.74, 6) is -0.853. The maximum atomic E-state index is 13.5. The van der Waals surface area contributed by atoms with Gasteiger partial charge in [0.2, 0.25) is 10.0 Å². The van der Waals surface area contributed by atoms with Crippen molar-refractivity contribution < 1.29 is 27.5 Å². The molecule has 0 unspecified atom stereocenters. The summed E-state index contributed by atoms with van der Waals surface area (Å²) in [7, 11) is -3.71. The maximum absolute atomic E-state index is 13.5. The number of carbonyl (C=O) groups excluding carboxylic acids is 3. The average Bonchev–Trinajstić information content (AvgIpc) is 3.41. The van der Waals surface area contributed by atoms with E-state index < -0.39 is 34.0 Å². The van der Waals surface area contributed by atoms with Gasteiger partial charge in [-0.1, -0.05) is 43.3 Å². The fourth-order valence-corrected chi connectivity index (χ4v) is 6.97. The predicted octanol–water partition coefficient (Wildman–Crippen LogP) is 3.16. The van der Waals surface area contributed by atoms with Crippen LogP contribution in [0.25, 0.3) is 5.69 Å². The summed E-state index contributed by atoms with van der Waals surface area (Å²) in [6, 6.07) is 16.7. The minimum Gasteiger partial charge on any atom is -0.379 e. The number of urea groups is 1. The van der Waals surface area contributed by atoms with Gasteiger partial charge in [0.25, 0.3) is 5.91 Å². The van der Waals surface area contributed by atoms with Crippen LogP contribution in [0.4, 0.5) is 4.79 Å². The van der Waals surface area contributed by atoms with Crippen LogP contribution in [0.2, 0.25) is 0 Å². The number of rotatable bonds is 8. The van der Waals surface area contributed by atoms with E-state index in [0.29, 0.717) is 60.9 Å². The SMILES string of the molecule is CC[C@@]1(c2ccccc2)NC(=O)N(CC(=O)c2cc(C)n(-c3cccc(S(=O)(=O)N4CCOCC4)c3)c2C)C1=O. The van der Waals surface area contributed by atoms with Gasteiger partial charge in [0.15, 0.2) is 5.78 Å². The van der Waals surface area contributed by atoms with Crippen molar-refractivity contribution in [1.29, 1.82) is 0 Å². The van der Waals surface area contributed by atoms with Crippen molar-refractivity contribution in [3.63, 3.8) is 0 Å². The second-order valence-electron chi connectivity index (χ2n) is 10.0. The number of ketones is 1. The van der Waals surface area contributed by atoms with Crippen molar-refractivity contribution in [1.82, 2.24) is 19.1 Å². The third-order valence-electron chi connectivity index (χ3n) is 7.69. The number of Topliss-reactive ketones (excluding diaryl/α,β-unsaturated/α-hetero) is 1. The highest BCUT2D eigenvalue weighted by Crippen LogP contribution is 2.33. The summed E-state index contributed by atoms with van der Waals surface area (Å²) in [5.41, 5.74) is 1.69. The summed E-state index contributed by atoms with van der Waals surface area (Å²) in [4.78, 5) is 41.0. The Balaban J connectivity index is 1.41. The molecule has 5 rings (SSSR count). The lowest BCUT2D eigenvalue weighted by Gasteiger charge is -2.26. The standard InChI is InChI=1S/C29H32N4O6S/c1-4-29(22-9-6-5-7-10-22)27(35)32(28(36)30-29)19-26(34)25-17-20(2)33(21(25)3)23-11-8-12-24(18-23)40(37,38)31-13-15-39-16-14-31/h5-12,17-18H,4,13-16,19H2,1-3H3,(H,30,36)/t29-/m0/s1. The number of imide groups is 1. The predicted molar refractivity (Wildman–Crippen MR) is 148 cm³/mol. The zero-order valence-electron chi connectivity index (χ0n) is 22.7. The maximum Gasteiger partial charge on any atom is 0.325 e. The van der Waals surface area contributed by atoms with Crippen LogP contribution < -0.4 is 5.32 Å². The molecule has 0 bridgehead atoms. The smallest absolute Gasteiger partial charge is 0.325 e. The molecule has 0 radical (unpaired) electrons. The number of benzene rings is 2. The highest BCUT2D eigenvalue weighted by atomic mass is 32.2. The molecule has 11 heteroatoms. The Morgan fingerprint density at radius 3 is 2.38 bits per heavy atom. The van der Waals surface area contributed by atoms with E-state index in [-0.39, 0.29) is 10.7 Å². The van der Waals surface area contributed by atoms with Crippen LogP contribution in [0.3, 0.4) is 0 Å². The summed E-state index contributed by atoms with van der Waals surface area (Å²) >= 11 is 0. The number of ether oxygens (including phenoxy) is 1. The lowest BCUT2D eigenvalue weighted by Crippen LogP contribution is -2.43. The molecule has 10 nitrogen and oxygen atoms in total. The Hall–Kier alpha value is -3.80. The first-order chi connectivity index (χ1) is 19.1. The van der Waals surface area contributed by atoms with Crippen molar-refractivity contribution in [2.45, 2.75) is 37.6 Å². The van der Waals surface area contributed by atoms with Crippen LogP contribution in [0.5, 0.6) is 0 Å². The first-order valence-electron chi connectivity index (χ1n) is 13.2. The molecule has 40 heavy (non-hydrogen) atoms. The van der Waals surface area contributed by atoms with Crippen molar-refractivity contribution >= 4 is 27.7 Å². The van der Waals surface area contributed by atoms with E-state index in [0.717, 1.165) is 4.90 Å². The molecule has 0 aliphatic carbocycles. The van der Waals surface area contributed by atoms with Crippen molar-refractivity contribution in [2.75, 3.05) is 32.8 Å². The van der Waals surface area contributed by atoms with Gasteiger partial charge in [0.1, 0.15) is 5.54 Å². The van der Waals surface area contributed by atoms with Crippen LogP contribution in [0, 0.1) is 13.8 Å². The Bertz CT molecular complexity index is 1580. The van der Waals surface area contributed by atoms with Crippen LogP contribution in [-0.2, 0) is 25.1 Å². The lowest BCUT2D eigenvalue weighted by molar-refractivity contribution is -0.131. The summed E-state index contributed by atoms with van der Waals surface area (Å²) in [5, 5.41) is 2.81. The van der Waals surface area contributed by atoms with E-state index in [9.17, 15) is 22.8 Å². The number of aryl methyl sites for hydroxylation is 1. The topological polar surface area (TPSA) is 118 Å². The van der Waals surface area contributed by atoms with E-state index in [1.54, 1.807) is 66.1 Å². The van der Waals surface area contributed by atoms with Gasteiger partial charge in [-0.2, -0.15) is 4.31 Å². The Labute approximate surface area is 233 Å². The minimum absolute atomic E-state index is 0.156. The second kappa shape index (κ2) is 10.6. The molecule has 0 spiro atoms. The molecular formula is C29H32N4O6S. The fourth-order valence-electron chi connectivity index (χ4n) is 5.52. The van der Waals surface area contributed by atoms with Gasteiger partial charge in [-0.3, -0.25) is 14.5 Å². The molecule has 3 aromatic rings. The lowest BCUT2D eigenvalue weighted by atomic mass is 9.87. The third-order valence-corrected chi connectivity index (χ3v) is 9.58. The molecule has 2 aromatic carbocycles. The Morgan fingerprint density at radius 2 is 1.70 bits per heavy atom. The average molecular weight is 565 g/mol. The molecule has 210 valence electrons. The normalized spacial score (nSPS) is 20.1. The summed E-state index contributed by atoms with van der Waals surface area (Å²) < 4.78 is 34.9. The molecular weight excluding hydrogens is 532 g/mol. The third kappa shape index (κ3) is 4.63. The van der Waals surface area contributed by atoms with Gasteiger partial charge in [0.05, 0.1) is 24.7 Å². The monoisotopic (exact) mass is 564 g/mol. The molecule has 2 aliphatic rings. The molecule has 0 saturated carbocycles. The van der Waals surface area contributed by atoms with E-state index in [2.05, 4.69) is 5.32 Å². The van der Waals surface area contributed by atoms with Gasteiger partial charge in [-0.15, -0.1) is 0 Å². The number of morpholine rings is 1. The van der Waals surface area contributed by atoms with Crippen molar-refractivity contribution in [2.24, 2.45) is 0 Å². The van der Waals surface area contributed by atoms with Gasteiger partial charge in [-0.25, -0.2) is 13.2 Å². The van der Waals surface area contributed by atoms with Gasteiger partial charge < -0.3 is 14.6 Å². The first kappa shape index (κ1) is 27.8. The first-order valence-corrected chi connectivity index (χ1v) is 14.6. The van der Waals surface area contributed by atoms with Crippen LogP contribution >= 0.6 is 0 Å². The number of amides is 3. The molecule has 3 amide bonds. The van der Waals surface area contributed by atoms with Gasteiger partial charge >= 0.3 is 6.03 Å². The zero-order chi connectivity index (χ0) is 28.7. The number of hydrogen-bond donors (Lipinski definition) is 1. The summed E-state index contributed by atoms with van der Waals surface area (Å²) in [6.45, 7) is 6.27. The number of sulfonamides is 1. The van der Waals surface area contributed by atoms with Gasteiger partial charge in [0, 0.05) is 35.7 Å². The largest absolute Gasteiger partial charge is 0.379 e. The number of nitrogens with zero attached hydrogens (tertiary/aromatic N) is 3. The summed E-state index contributed by atoms with van der Waals surface area (Å²) in [6.07, 6.45) is 0.338. The Kier molecular flexibility index (Phi) is 7.38. The molecule has 2 aliphatic heterocycles. The number of carbonyl (C=O) groups is 3. The molecule has 3 heterocycles. The molecule has 1 aromatic heterocycles. The van der Waals surface area contributed by atoms with Crippen LogP contribution in [-0.4, -0.2) is 72.8 Å². The van der Waals surface area contributed by atoms with E-state index in [1.807, 2.05) is 19.9 Å². The van der Waals surface area contributed by atoms with Crippen molar-refractivity contribution in [3.8, 4) is 5.69 Å². The molecule has 2 fully saturated rings. The quantitative estimate of drug-likeness (QED) is 0.332.